The van der Waals surface area contributed by atoms with Crippen molar-refractivity contribution in [3.63, 3.8) is 0 Å². The van der Waals surface area contributed by atoms with E-state index in [-0.39, 0.29) is 5.56 Å². The summed E-state index contributed by atoms with van der Waals surface area (Å²) in [6.07, 6.45) is 0.651. The van der Waals surface area contributed by atoms with Crippen LogP contribution in [0.3, 0.4) is 0 Å². The average Bonchev–Trinajstić information content (AvgIpc) is 2.97. The van der Waals surface area contributed by atoms with Crippen LogP contribution in [0.1, 0.15) is 20.9 Å². The number of nitrogens with one attached hydrogen (secondary N) is 1. The van der Waals surface area contributed by atoms with Crippen LogP contribution in [0, 0.1) is 5.82 Å². The Bertz CT molecular complexity index is 838. The van der Waals surface area contributed by atoms with Crippen LogP contribution in [0.5, 0.6) is 0 Å². The van der Waals surface area contributed by atoms with Crippen molar-refractivity contribution in [2.75, 3.05) is 5.32 Å². The topological polar surface area (TPSA) is 54.9 Å². The lowest BCUT2D eigenvalue weighted by Gasteiger charge is -2.03. The van der Waals surface area contributed by atoms with Crippen molar-refractivity contribution in [2.24, 2.45) is 0 Å². The number of amides is 1. The van der Waals surface area contributed by atoms with Gasteiger partial charge < -0.3 is 0 Å². The maximum Gasteiger partial charge on any atom is 0.258 e. The molecule has 0 aliphatic heterocycles. The molecule has 0 saturated heterocycles. The van der Waals surface area contributed by atoms with Crippen molar-refractivity contribution in [3.05, 3.63) is 75.0 Å². The lowest BCUT2D eigenvalue weighted by Crippen LogP contribution is -2.12. The fraction of sp³-hybridized carbons (Fsp3) is 0.0625. The minimum atomic E-state index is -0.472. The van der Waals surface area contributed by atoms with Gasteiger partial charge in [0.15, 0.2) is 0 Å². The number of carbonyl (C=O) groups is 1. The van der Waals surface area contributed by atoms with Crippen LogP contribution in [0.4, 0.5) is 9.52 Å². The van der Waals surface area contributed by atoms with Gasteiger partial charge in [0.05, 0.1) is 5.56 Å². The fourth-order valence-electron chi connectivity index (χ4n) is 1.98. The first-order valence-electron chi connectivity index (χ1n) is 6.74. The monoisotopic (exact) mass is 391 g/mol. The molecule has 1 aromatic heterocycles. The lowest BCUT2D eigenvalue weighted by atomic mass is 10.2. The van der Waals surface area contributed by atoms with E-state index in [0.717, 1.165) is 10.6 Å². The van der Waals surface area contributed by atoms with E-state index in [2.05, 4.69) is 31.4 Å². The van der Waals surface area contributed by atoms with Gasteiger partial charge >= 0.3 is 0 Å². The van der Waals surface area contributed by atoms with Crippen molar-refractivity contribution in [1.29, 1.82) is 0 Å². The van der Waals surface area contributed by atoms with Gasteiger partial charge in [0.1, 0.15) is 10.8 Å². The van der Waals surface area contributed by atoms with E-state index < -0.39 is 11.7 Å². The number of benzene rings is 2. The molecule has 4 nitrogen and oxygen atoms in total. The summed E-state index contributed by atoms with van der Waals surface area (Å²) in [5, 5.41) is 11.8. The molecule has 0 spiro atoms. The molecule has 1 N–H and O–H groups in total. The van der Waals surface area contributed by atoms with Gasteiger partial charge in [-0.05, 0) is 39.7 Å². The van der Waals surface area contributed by atoms with Crippen LogP contribution in [-0.4, -0.2) is 16.1 Å². The predicted molar refractivity (Wildman–Crippen MR) is 91.2 cm³/mol. The Morgan fingerprint density at radius 3 is 2.74 bits per heavy atom. The summed E-state index contributed by atoms with van der Waals surface area (Å²) in [5.41, 5.74) is 1.33. The van der Waals surface area contributed by atoms with Gasteiger partial charge in [-0.1, -0.05) is 41.7 Å². The van der Waals surface area contributed by atoms with Gasteiger partial charge in [-0.25, -0.2) is 4.39 Å². The van der Waals surface area contributed by atoms with E-state index >= 15 is 0 Å². The summed E-state index contributed by atoms with van der Waals surface area (Å²) < 4.78 is 13.8. The van der Waals surface area contributed by atoms with Gasteiger partial charge in [0.2, 0.25) is 5.13 Å². The van der Waals surface area contributed by atoms with E-state index in [9.17, 15) is 9.18 Å². The molecule has 7 heteroatoms. The molecule has 3 aromatic rings. The Kier molecular flexibility index (Phi) is 4.78. The Morgan fingerprint density at radius 2 is 1.96 bits per heavy atom. The number of rotatable bonds is 4. The first-order chi connectivity index (χ1) is 11.1. The van der Waals surface area contributed by atoms with Crippen molar-refractivity contribution < 1.29 is 9.18 Å². The largest absolute Gasteiger partial charge is 0.296 e. The normalized spacial score (nSPS) is 10.5. The molecule has 0 aliphatic carbocycles. The zero-order valence-electron chi connectivity index (χ0n) is 11.8. The predicted octanol–water partition coefficient (Wildman–Crippen LogP) is 4.28. The molecule has 116 valence electrons. The van der Waals surface area contributed by atoms with Crippen LogP contribution in [0.2, 0.25) is 0 Å². The average molecular weight is 392 g/mol. The molecule has 2 aromatic carbocycles. The first-order valence-corrected chi connectivity index (χ1v) is 8.35. The van der Waals surface area contributed by atoms with Crippen LogP contribution < -0.4 is 5.32 Å². The van der Waals surface area contributed by atoms with Crippen LogP contribution >= 0.6 is 27.3 Å². The minimum Gasteiger partial charge on any atom is -0.296 e. The molecule has 0 radical (unpaired) electrons. The highest BCUT2D eigenvalue weighted by Crippen LogP contribution is 2.22. The highest BCUT2D eigenvalue weighted by molar-refractivity contribution is 9.10. The van der Waals surface area contributed by atoms with E-state index in [0.29, 0.717) is 16.0 Å². The van der Waals surface area contributed by atoms with E-state index in [4.69, 9.17) is 0 Å². The smallest absolute Gasteiger partial charge is 0.258 e. The number of aromatic nitrogens is 2. The summed E-state index contributed by atoms with van der Waals surface area (Å²) in [5.74, 6) is -0.904. The third-order valence-corrected chi connectivity index (χ3v) is 4.59. The maximum absolute atomic E-state index is 13.3. The number of nitrogens with zero attached hydrogens (tertiary/aromatic N) is 2. The molecule has 0 aliphatic rings. The van der Waals surface area contributed by atoms with Gasteiger partial charge in [0, 0.05) is 10.9 Å². The fourth-order valence-corrected chi connectivity index (χ4v) is 3.18. The second-order valence-corrected chi connectivity index (χ2v) is 6.66. The molecule has 3 rings (SSSR count). The molecule has 0 bridgehead atoms. The zero-order chi connectivity index (χ0) is 16.2. The van der Waals surface area contributed by atoms with Gasteiger partial charge in [-0.15, -0.1) is 10.2 Å². The molecule has 0 fully saturated rings. The molecule has 0 unspecified atom stereocenters. The van der Waals surface area contributed by atoms with Crippen molar-refractivity contribution >= 4 is 38.3 Å². The van der Waals surface area contributed by atoms with Gasteiger partial charge in [-0.2, -0.15) is 0 Å². The molecule has 0 saturated carbocycles. The number of carbonyl (C=O) groups excluding carboxylic acids is 1. The van der Waals surface area contributed by atoms with Gasteiger partial charge in [-0.3, -0.25) is 10.1 Å². The number of hydrogen-bond acceptors (Lipinski definition) is 4. The Balaban J connectivity index is 1.71. The second-order valence-electron chi connectivity index (χ2n) is 4.74. The minimum absolute atomic E-state index is 0.213. The summed E-state index contributed by atoms with van der Waals surface area (Å²) in [6.45, 7) is 0. The molecule has 1 amide bonds. The highest BCUT2D eigenvalue weighted by atomic mass is 79.9. The maximum atomic E-state index is 13.3. The van der Waals surface area contributed by atoms with Crippen LogP contribution in [0.25, 0.3) is 0 Å². The quantitative estimate of drug-likeness (QED) is 0.721. The number of hydrogen-bond donors (Lipinski definition) is 1. The molecule has 1 heterocycles. The third-order valence-electron chi connectivity index (χ3n) is 3.06. The van der Waals surface area contributed by atoms with Crippen molar-refractivity contribution in [3.8, 4) is 0 Å². The van der Waals surface area contributed by atoms with Crippen LogP contribution in [-0.2, 0) is 6.42 Å². The standard InChI is InChI=1S/C16H11BrFN3OS/c17-13-7-6-11(18)9-12(13)15(22)19-16-21-20-14(23-16)8-10-4-2-1-3-5-10/h1-7,9H,8H2,(H,19,21,22). The summed E-state index contributed by atoms with van der Waals surface area (Å²) in [4.78, 5) is 12.2. The van der Waals surface area contributed by atoms with Crippen LogP contribution in [0.15, 0.2) is 53.0 Å². The lowest BCUT2D eigenvalue weighted by molar-refractivity contribution is 0.102. The summed E-state index contributed by atoms with van der Waals surface area (Å²) >= 11 is 4.53. The van der Waals surface area contributed by atoms with Crippen molar-refractivity contribution in [1.82, 2.24) is 10.2 Å². The Labute approximate surface area is 144 Å². The van der Waals surface area contributed by atoms with E-state index in [1.165, 1.54) is 29.5 Å². The Morgan fingerprint density at radius 1 is 1.17 bits per heavy atom. The first kappa shape index (κ1) is 15.8. The van der Waals surface area contributed by atoms with Crippen molar-refractivity contribution in [2.45, 2.75) is 6.42 Å². The summed E-state index contributed by atoms with van der Waals surface area (Å²) in [7, 11) is 0. The summed E-state index contributed by atoms with van der Waals surface area (Å²) in [6, 6.07) is 13.8. The second kappa shape index (κ2) is 6.97. The SMILES string of the molecule is O=C(Nc1nnc(Cc2ccccc2)s1)c1cc(F)ccc1Br. The number of anilines is 1. The van der Waals surface area contributed by atoms with E-state index in [1.807, 2.05) is 30.3 Å². The molecule has 0 atom stereocenters. The molecule has 23 heavy (non-hydrogen) atoms. The zero-order valence-corrected chi connectivity index (χ0v) is 14.2. The number of halogens is 2. The highest BCUT2D eigenvalue weighted by Gasteiger charge is 2.14. The molecular weight excluding hydrogens is 381 g/mol. The molecular formula is C16H11BrFN3OS. The van der Waals surface area contributed by atoms with Gasteiger partial charge in [0.25, 0.3) is 5.91 Å². The Hall–Kier alpha value is -2.12. The van der Waals surface area contributed by atoms with E-state index in [1.54, 1.807) is 0 Å². The third kappa shape index (κ3) is 4.00.